The minimum absolute atomic E-state index is 0.388. The summed E-state index contributed by atoms with van der Waals surface area (Å²) in [5, 5.41) is 0. The second-order valence-electron chi connectivity index (χ2n) is 6.97. The van der Waals surface area contributed by atoms with Crippen molar-refractivity contribution in [2.24, 2.45) is 5.92 Å². The smallest absolute Gasteiger partial charge is 0.222 e. The van der Waals surface area contributed by atoms with Crippen molar-refractivity contribution >= 4 is 5.91 Å². The van der Waals surface area contributed by atoms with Crippen LogP contribution in [0.5, 0.6) is 0 Å². The van der Waals surface area contributed by atoms with Crippen molar-refractivity contribution in [3.63, 3.8) is 0 Å². The molecule has 0 bridgehead atoms. The van der Waals surface area contributed by atoms with E-state index in [1.807, 2.05) is 6.20 Å². The number of aromatic nitrogens is 2. The van der Waals surface area contributed by atoms with Gasteiger partial charge in [-0.05, 0) is 18.8 Å². The van der Waals surface area contributed by atoms with Gasteiger partial charge in [0.15, 0.2) is 0 Å². The van der Waals surface area contributed by atoms with Gasteiger partial charge in [0.2, 0.25) is 5.91 Å². The monoisotopic (exact) mass is 318 g/mol. The normalized spacial score (nSPS) is 20.3. The summed E-state index contributed by atoms with van der Waals surface area (Å²) >= 11 is 0. The molecule has 5 heteroatoms. The summed E-state index contributed by atoms with van der Waals surface area (Å²) in [6.45, 7) is 8.01. The lowest BCUT2D eigenvalue weighted by Crippen LogP contribution is -2.49. The number of carbonyl (C=O) groups is 1. The summed E-state index contributed by atoms with van der Waals surface area (Å²) in [7, 11) is 0. The highest BCUT2D eigenvalue weighted by Gasteiger charge is 2.24. The van der Waals surface area contributed by atoms with Crippen molar-refractivity contribution in [2.45, 2.75) is 52.0 Å². The molecular weight excluding hydrogens is 288 g/mol. The minimum Gasteiger partial charge on any atom is -0.340 e. The summed E-state index contributed by atoms with van der Waals surface area (Å²) in [5.74, 6) is 2.21. The first kappa shape index (κ1) is 16.5. The first-order valence-corrected chi connectivity index (χ1v) is 9.26. The molecule has 5 nitrogen and oxygen atoms in total. The average Bonchev–Trinajstić information content (AvgIpc) is 3.24. The third kappa shape index (κ3) is 4.34. The molecule has 2 aliphatic rings. The topological polar surface area (TPSA) is 41.4 Å². The van der Waals surface area contributed by atoms with Crippen LogP contribution in [0.4, 0.5) is 0 Å². The third-order valence-corrected chi connectivity index (χ3v) is 5.44. The number of hydrogen-bond donors (Lipinski definition) is 0. The Labute approximate surface area is 139 Å². The number of imidazole rings is 1. The van der Waals surface area contributed by atoms with E-state index in [1.165, 1.54) is 25.7 Å². The van der Waals surface area contributed by atoms with E-state index in [1.54, 1.807) is 0 Å². The fourth-order valence-electron chi connectivity index (χ4n) is 3.92. The molecule has 1 aromatic rings. The summed E-state index contributed by atoms with van der Waals surface area (Å²) in [5.41, 5.74) is 0. The Balaban J connectivity index is 1.39. The van der Waals surface area contributed by atoms with Gasteiger partial charge in [0.25, 0.3) is 0 Å². The number of rotatable bonds is 6. The van der Waals surface area contributed by atoms with Crippen LogP contribution < -0.4 is 0 Å². The number of hydrogen-bond acceptors (Lipinski definition) is 3. The number of nitrogens with zero attached hydrogens (tertiary/aromatic N) is 4. The predicted octanol–water partition coefficient (Wildman–Crippen LogP) is 2.17. The highest BCUT2D eigenvalue weighted by atomic mass is 16.2. The molecule has 2 heterocycles. The zero-order valence-corrected chi connectivity index (χ0v) is 14.4. The van der Waals surface area contributed by atoms with E-state index in [9.17, 15) is 4.79 Å². The van der Waals surface area contributed by atoms with Crippen molar-refractivity contribution < 1.29 is 4.79 Å². The largest absolute Gasteiger partial charge is 0.340 e. The summed E-state index contributed by atoms with van der Waals surface area (Å²) in [4.78, 5) is 21.3. The summed E-state index contributed by atoms with van der Waals surface area (Å²) in [6.07, 6.45) is 10.9. The predicted molar refractivity (Wildman–Crippen MR) is 91.2 cm³/mol. The van der Waals surface area contributed by atoms with Gasteiger partial charge in [0.05, 0.1) is 0 Å². The van der Waals surface area contributed by atoms with E-state index < -0.39 is 0 Å². The van der Waals surface area contributed by atoms with Gasteiger partial charge in [-0.2, -0.15) is 0 Å². The van der Waals surface area contributed by atoms with Gasteiger partial charge >= 0.3 is 0 Å². The zero-order chi connectivity index (χ0) is 16.1. The molecule has 23 heavy (non-hydrogen) atoms. The minimum atomic E-state index is 0.388. The maximum absolute atomic E-state index is 12.4. The molecule has 0 unspecified atom stereocenters. The van der Waals surface area contributed by atoms with E-state index in [0.717, 1.165) is 57.9 Å². The van der Waals surface area contributed by atoms with Crippen LogP contribution in [-0.4, -0.2) is 58.0 Å². The second-order valence-corrected chi connectivity index (χ2v) is 6.97. The fraction of sp³-hybridized carbons (Fsp3) is 0.778. The van der Waals surface area contributed by atoms with E-state index in [2.05, 4.69) is 32.5 Å². The lowest BCUT2D eigenvalue weighted by Gasteiger charge is -2.35. The average molecular weight is 318 g/mol. The molecule has 0 N–H and O–H groups in total. The van der Waals surface area contributed by atoms with E-state index in [-0.39, 0.29) is 0 Å². The van der Waals surface area contributed by atoms with E-state index >= 15 is 0 Å². The van der Waals surface area contributed by atoms with Gasteiger partial charge in [0.1, 0.15) is 5.82 Å². The molecule has 0 aromatic carbocycles. The van der Waals surface area contributed by atoms with Crippen LogP contribution in [0.1, 0.15) is 44.9 Å². The molecular formula is C18H30N4O. The third-order valence-electron chi connectivity index (χ3n) is 5.44. The van der Waals surface area contributed by atoms with Gasteiger partial charge in [-0.25, -0.2) is 4.98 Å². The van der Waals surface area contributed by atoms with Crippen LogP contribution in [0.15, 0.2) is 12.4 Å². The number of piperazine rings is 1. The Morgan fingerprint density at radius 1 is 1.17 bits per heavy atom. The SMILES string of the molecule is CCc1nccn1CCN1CCN(C(=O)CC2CCCC2)CC1. The number of amides is 1. The van der Waals surface area contributed by atoms with Crippen LogP contribution >= 0.6 is 0 Å². The van der Waals surface area contributed by atoms with Gasteiger partial charge < -0.3 is 9.47 Å². The first-order chi connectivity index (χ1) is 11.3. The van der Waals surface area contributed by atoms with Gasteiger partial charge in [0, 0.05) is 64.5 Å². The highest BCUT2D eigenvalue weighted by Crippen LogP contribution is 2.28. The molecule has 2 fully saturated rings. The molecule has 1 aliphatic heterocycles. The van der Waals surface area contributed by atoms with Gasteiger partial charge in [-0.3, -0.25) is 9.69 Å². The molecule has 1 saturated carbocycles. The highest BCUT2D eigenvalue weighted by molar-refractivity contribution is 5.76. The molecule has 3 rings (SSSR count). The summed E-state index contributed by atoms with van der Waals surface area (Å²) < 4.78 is 2.25. The standard InChI is InChI=1S/C18H30N4O/c1-2-17-19-7-8-21(17)12-9-20-10-13-22(14-11-20)18(23)15-16-5-3-4-6-16/h7-8,16H,2-6,9-15H2,1H3. The fourth-order valence-corrected chi connectivity index (χ4v) is 3.92. The Hall–Kier alpha value is -1.36. The van der Waals surface area contributed by atoms with Crippen LogP contribution in [0, 0.1) is 5.92 Å². The molecule has 128 valence electrons. The molecule has 1 aliphatic carbocycles. The van der Waals surface area contributed by atoms with E-state index in [4.69, 9.17) is 0 Å². The zero-order valence-electron chi connectivity index (χ0n) is 14.4. The maximum atomic E-state index is 12.4. The molecule has 0 atom stereocenters. The van der Waals surface area contributed by atoms with Crippen molar-refractivity contribution in [1.29, 1.82) is 0 Å². The van der Waals surface area contributed by atoms with Crippen LogP contribution in [0.25, 0.3) is 0 Å². The summed E-state index contributed by atoms with van der Waals surface area (Å²) in [6, 6.07) is 0. The van der Waals surface area contributed by atoms with Crippen molar-refractivity contribution in [3.8, 4) is 0 Å². The van der Waals surface area contributed by atoms with E-state index in [0.29, 0.717) is 11.8 Å². The molecule has 0 radical (unpaired) electrons. The lowest BCUT2D eigenvalue weighted by atomic mass is 10.0. The molecule has 0 spiro atoms. The second kappa shape index (κ2) is 7.95. The van der Waals surface area contributed by atoms with Crippen molar-refractivity contribution in [2.75, 3.05) is 32.7 Å². The maximum Gasteiger partial charge on any atom is 0.222 e. The Bertz CT molecular complexity index is 499. The number of aryl methyl sites for hydroxylation is 1. The Kier molecular flexibility index (Phi) is 5.70. The van der Waals surface area contributed by atoms with Crippen LogP contribution in [-0.2, 0) is 17.8 Å². The first-order valence-electron chi connectivity index (χ1n) is 9.26. The van der Waals surface area contributed by atoms with Crippen LogP contribution in [0.2, 0.25) is 0 Å². The Morgan fingerprint density at radius 3 is 2.61 bits per heavy atom. The quantitative estimate of drug-likeness (QED) is 0.807. The Morgan fingerprint density at radius 2 is 1.91 bits per heavy atom. The van der Waals surface area contributed by atoms with Crippen LogP contribution in [0.3, 0.4) is 0 Å². The van der Waals surface area contributed by atoms with Gasteiger partial charge in [-0.15, -0.1) is 0 Å². The van der Waals surface area contributed by atoms with Gasteiger partial charge in [-0.1, -0.05) is 19.8 Å². The number of carbonyl (C=O) groups excluding carboxylic acids is 1. The molecule has 1 aromatic heterocycles. The molecule has 1 saturated heterocycles. The van der Waals surface area contributed by atoms with Crippen molar-refractivity contribution in [1.82, 2.24) is 19.4 Å². The lowest BCUT2D eigenvalue weighted by molar-refractivity contribution is -0.133. The van der Waals surface area contributed by atoms with Crippen molar-refractivity contribution in [3.05, 3.63) is 18.2 Å². The molecule has 1 amide bonds.